The lowest BCUT2D eigenvalue weighted by Gasteiger charge is -2.35. The molecule has 1 aromatic rings. The van der Waals surface area contributed by atoms with Crippen molar-refractivity contribution in [3.05, 3.63) is 34.9 Å². The summed E-state index contributed by atoms with van der Waals surface area (Å²) in [6.45, 7) is 3.32. The van der Waals surface area contributed by atoms with E-state index in [0.717, 1.165) is 17.5 Å². The lowest BCUT2D eigenvalue weighted by molar-refractivity contribution is 0.231. The normalized spacial score (nSPS) is 18.1. The van der Waals surface area contributed by atoms with Crippen LogP contribution in [0.3, 0.4) is 0 Å². The summed E-state index contributed by atoms with van der Waals surface area (Å²) in [4.78, 5) is 0. The molecular weight excluding hydrogens is 218 g/mol. The maximum atomic E-state index is 5.93. The van der Waals surface area contributed by atoms with E-state index in [1.165, 1.54) is 31.2 Å². The molecule has 1 saturated carbocycles. The quantitative estimate of drug-likeness (QED) is 0.810. The van der Waals surface area contributed by atoms with E-state index < -0.39 is 0 Å². The molecule has 0 bridgehead atoms. The third-order valence-corrected chi connectivity index (χ3v) is 3.72. The molecule has 1 aliphatic carbocycles. The van der Waals surface area contributed by atoms with E-state index in [1.807, 2.05) is 12.1 Å². The summed E-state index contributed by atoms with van der Waals surface area (Å²) in [5.74, 6) is 0.827. The van der Waals surface area contributed by atoms with Crippen molar-refractivity contribution in [2.75, 3.05) is 6.54 Å². The minimum atomic E-state index is 0.533. The van der Waals surface area contributed by atoms with E-state index in [4.69, 9.17) is 11.6 Å². The van der Waals surface area contributed by atoms with Crippen LogP contribution in [0.1, 0.15) is 44.2 Å². The molecule has 16 heavy (non-hydrogen) atoms. The third-order valence-electron chi connectivity index (χ3n) is 3.46. The Kier molecular flexibility index (Phi) is 4.25. The number of hydrogen-bond donors (Lipinski definition) is 1. The summed E-state index contributed by atoms with van der Waals surface area (Å²) in [5.41, 5.74) is 1.39. The molecule has 1 aromatic carbocycles. The molecule has 2 heteroatoms. The predicted octanol–water partition coefficient (Wildman–Crippen LogP) is 4.18. The van der Waals surface area contributed by atoms with Crippen LogP contribution < -0.4 is 5.32 Å². The first-order chi connectivity index (χ1) is 7.81. The SMILES string of the molecule is CCCNC(c1ccc(Cl)cc1)C1CCC1. The molecule has 2 rings (SSSR count). The lowest BCUT2D eigenvalue weighted by Crippen LogP contribution is -2.32. The van der Waals surface area contributed by atoms with E-state index in [9.17, 15) is 0 Å². The highest BCUT2D eigenvalue weighted by Crippen LogP contribution is 2.37. The van der Waals surface area contributed by atoms with Crippen molar-refractivity contribution < 1.29 is 0 Å². The van der Waals surface area contributed by atoms with Crippen LogP contribution in [-0.4, -0.2) is 6.54 Å². The Balaban J connectivity index is 2.07. The molecule has 1 aliphatic rings. The number of halogens is 1. The second kappa shape index (κ2) is 5.70. The highest BCUT2D eigenvalue weighted by molar-refractivity contribution is 6.30. The Bertz CT molecular complexity index is 316. The van der Waals surface area contributed by atoms with E-state index in [0.29, 0.717) is 6.04 Å². The number of nitrogens with one attached hydrogen (secondary N) is 1. The zero-order valence-electron chi connectivity index (χ0n) is 9.88. The van der Waals surface area contributed by atoms with Gasteiger partial charge in [0.15, 0.2) is 0 Å². The topological polar surface area (TPSA) is 12.0 Å². The standard InChI is InChI=1S/C14H20ClN/c1-2-10-16-14(11-4-3-5-11)12-6-8-13(15)9-7-12/h6-9,11,14,16H,2-5,10H2,1H3. The maximum absolute atomic E-state index is 5.93. The van der Waals surface area contributed by atoms with Gasteiger partial charge in [0.25, 0.3) is 0 Å². The van der Waals surface area contributed by atoms with Gasteiger partial charge in [-0.3, -0.25) is 0 Å². The minimum absolute atomic E-state index is 0.533. The summed E-state index contributed by atoms with van der Waals surface area (Å²) in [6, 6.07) is 8.85. The van der Waals surface area contributed by atoms with Crippen LogP contribution in [0, 0.1) is 5.92 Å². The van der Waals surface area contributed by atoms with Crippen LogP contribution in [-0.2, 0) is 0 Å². The third kappa shape index (κ3) is 2.78. The molecule has 88 valence electrons. The molecule has 0 aliphatic heterocycles. The van der Waals surface area contributed by atoms with Gasteiger partial charge in [-0.25, -0.2) is 0 Å². The molecule has 1 unspecified atom stereocenters. The second-order valence-electron chi connectivity index (χ2n) is 4.67. The number of hydrogen-bond acceptors (Lipinski definition) is 1. The maximum Gasteiger partial charge on any atom is 0.0406 e. The van der Waals surface area contributed by atoms with Crippen LogP contribution in [0.2, 0.25) is 5.02 Å². The van der Waals surface area contributed by atoms with Gasteiger partial charge in [0.1, 0.15) is 0 Å². The fourth-order valence-corrected chi connectivity index (χ4v) is 2.43. The lowest BCUT2D eigenvalue weighted by atomic mass is 9.77. The largest absolute Gasteiger partial charge is 0.310 e. The Hall–Kier alpha value is -0.530. The van der Waals surface area contributed by atoms with Crippen molar-refractivity contribution in [2.24, 2.45) is 5.92 Å². The van der Waals surface area contributed by atoms with Crippen molar-refractivity contribution in [3.8, 4) is 0 Å². The van der Waals surface area contributed by atoms with Crippen molar-refractivity contribution in [3.63, 3.8) is 0 Å². The van der Waals surface area contributed by atoms with E-state index in [2.05, 4.69) is 24.4 Å². The smallest absolute Gasteiger partial charge is 0.0406 e. The van der Waals surface area contributed by atoms with Gasteiger partial charge in [-0.2, -0.15) is 0 Å². The fraction of sp³-hybridized carbons (Fsp3) is 0.571. The second-order valence-corrected chi connectivity index (χ2v) is 5.11. The number of rotatable bonds is 5. The summed E-state index contributed by atoms with van der Waals surface area (Å²) < 4.78 is 0. The first kappa shape index (κ1) is 11.9. The van der Waals surface area contributed by atoms with Gasteiger partial charge in [0, 0.05) is 11.1 Å². The van der Waals surface area contributed by atoms with Crippen molar-refractivity contribution in [1.82, 2.24) is 5.32 Å². The molecule has 0 aromatic heterocycles. The molecule has 1 atom stereocenters. The van der Waals surface area contributed by atoms with E-state index in [1.54, 1.807) is 0 Å². The van der Waals surface area contributed by atoms with Gasteiger partial charge < -0.3 is 5.32 Å². The van der Waals surface area contributed by atoms with Crippen LogP contribution >= 0.6 is 11.6 Å². The van der Waals surface area contributed by atoms with Crippen LogP contribution in [0.25, 0.3) is 0 Å². The van der Waals surface area contributed by atoms with Crippen molar-refractivity contribution in [1.29, 1.82) is 0 Å². The molecular formula is C14H20ClN. The fourth-order valence-electron chi connectivity index (χ4n) is 2.30. The van der Waals surface area contributed by atoms with Crippen LogP contribution in [0.4, 0.5) is 0 Å². The summed E-state index contributed by atoms with van der Waals surface area (Å²) >= 11 is 5.93. The zero-order valence-corrected chi connectivity index (χ0v) is 10.6. The Labute approximate surface area is 103 Å². The molecule has 0 heterocycles. The molecule has 1 N–H and O–H groups in total. The van der Waals surface area contributed by atoms with Crippen LogP contribution in [0.15, 0.2) is 24.3 Å². The summed E-state index contributed by atoms with van der Waals surface area (Å²) in [6.07, 6.45) is 5.31. The highest BCUT2D eigenvalue weighted by Gasteiger charge is 2.27. The van der Waals surface area contributed by atoms with Gasteiger partial charge in [0.05, 0.1) is 0 Å². The molecule has 0 radical (unpaired) electrons. The zero-order chi connectivity index (χ0) is 11.4. The molecule has 0 amide bonds. The first-order valence-corrected chi connectivity index (χ1v) is 6.68. The Morgan fingerprint density at radius 2 is 2.00 bits per heavy atom. The average molecular weight is 238 g/mol. The average Bonchev–Trinajstić information content (AvgIpc) is 2.23. The van der Waals surface area contributed by atoms with Crippen LogP contribution in [0.5, 0.6) is 0 Å². The minimum Gasteiger partial charge on any atom is -0.310 e. The van der Waals surface area contributed by atoms with E-state index >= 15 is 0 Å². The van der Waals surface area contributed by atoms with Gasteiger partial charge in [-0.1, -0.05) is 37.1 Å². The summed E-state index contributed by atoms with van der Waals surface area (Å²) in [7, 11) is 0. The van der Waals surface area contributed by atoms with E-state index in [-0.39, 0.29) is 0 Å². The van der Waals surface area contributed by atoms with Gasteiger partial charge >= 0.3 is 0 Å². The molecule has 0 spiro atoms. The Morgan fingerprint density at radius 1 is 1.31 bits per heavy atom. The monoisotopic (exact) mass is 237 g/mol. The van der Waals surface area contributed by atoms with Gasteiger partial charge in [0.2, 0.25) is 0 Å². The first-order valence-electron chi connectivity index (χ1n) is 6.30. The molecule has 1 nitrogen and oxygen atoms in total. The number of benzene rings is 1. The van der Waals surface area contributed by atoms with Crippen molar-refractivity contribution >= 4 is 11.6 Å². The highest BCUT2D eigenvalue weighted by atomic mass is 35.5. The Morgan fingerprint density at radius 3 is 2.50 bits per heavy atom. The van der Waals surface area contributed by atoms with Gasteiger partial charge in [-0.05, 0) is 49.4 Å². The predicted molar refractivity (Wildman–Crippen MR) is 69.8 cm³/mol. The summed E-state index contributed by atoms with van der Waals surface area (Å²) in [5, 5.41) is 4.49. The van der Waals surface area contributed by atoms with Gasteiger partial charge in [-0.15, -0.1) is 0 Å². The van der Waals surface area contributed by atoms with Crippen molar-refractivity contribution in [2.45, 2.75) is 38.6 Å². The molecule has 0 saturated heterocycles. The molecule has 1 fully saturated rings.